The number of benzene rings is 1. The van der Waals surface area contributed by atoms with Gasteiger partial charge in [-0.15, -0.1) is 0 Å². The van der Waals surface area contributed by atoms with Gasteiger partial charge in [0.05, 0.1) is 23.8 Å². The Morgan fingerprint density at radius 3 is 1.42 bits per heavy atom. The van der Waals surface area contributed by atoms with Crippen LogP contribution in [-0.2, 0) is 12.8 Å². The number of aromatic nitrogens is 6. The molecule has 0 unspecified atom stereocenters. The predicted octanol–water partition coefficient (Wildman–Crippen LogP) is 6.76. The van der Waals surface area contributed by atoms with Gasteiger partial charge in [0.2, 0.25) is 11.8 Å². The van der Waals surface area contributed by atoms with E-state index in [0.29, 0.717) is 22.7 Å². The van der Waals surface area contributed by atoms with Crippen molar-refractivity contribution in [2.24, 2.45) is 0 Å². The number of rotatable bonds is 12. The Morgan fingerprint density at radius 1 is 0.605 bits per heavy atom. The first kappa shape index (κ1) is 25.7. The van der Waals surface area contributed by atoms with Crippen LogP contribution in [0.15, 0.2) is 49.1 Å². The molecule has 2 N–H and O–H groups in total. The molecule has 0 aliphatic heterocycles. The molecular formula is C30H36N6O2. The third-order valence-electron chi connectivity index (χ3n) is 7.08. The highest BCUT2D eigenvalue weighted by Gasteiger charge is 2.17. The zero-order valence-electron chi connectivity index (χ0n) is 22.3. The average Bonchev–Trinajstić information content (AvgIpc) is 3.45. The predicted molar refractivity (Wildman–Crippen MR) is 149 cm³/mol. The fraction of sp³-hybridized carbons (Fsp3) is 0.400. The first-order chi connectivity index (χ1) is 18.6. The molecule has 0 amide bonds. The van der Waals surface area contributed by atoms with E-state index in [0.717, 1.165) is 48.2 Å². The number of aromatic hydroxyl groups is 2. The van der Waals surface area contributed by atoms with Gasteiger partial charge < -0.3 is 10.2 Å². The van der Waals surface area contributed by atoms with Crippen molar-refractivity contribution in [3.63, 3.8) is 0 Å². The number of aryl methyl sites for hydroxylation is 2. The van der Waals surface area contributed by atoms with Gasteiger partial charge in [0.25, 0.3) is 0 Å². The Labute approximate surface area is 223 Å². The van der Waals surface area contributed by atoms with Crippen LogP contribution in [0.3, 0.4) is 0 Å². The van der Waals surface area contributed by atoms with Gasteiger partial charge in [-0.1, -0.05) is 76.6 Å². The van der Waals surface area contributed by atoms with E-state index in [1.165, 1.54) is 38.5 Å². The molecule has 5 aromatic rings. The minimum absolute atomic E-state index is 0.0954. The van der Waals surface area contributed by atoms with Gasteiger partial charge in [-0.3, -0.25) is 18.8 Å². The summed E-state index contributed by atoms with van der Waals surface area (Å²) in [5.74, 6) is 0.191. The van der Waals surface area contributed by atoms with E-state index in [9.17, 15) is 10.2 Å². The molecule has 0 bridgehead atoms. The zero-order valence-corrected chi connectivity index (χ0v) is 22.3. The molecule has 8 nitrogen and oxygen atoms in total. The van der Waals surface area contributed by atoms with Crippen molar-refractivity contribution in [3.8, 4) is 34.3 Å². The number of imidazole rings is 2. The lowest BCUT2D eigenvalue weighted by molar-refractivity contribution is 0.449. The minimum atomic E-state index is 0.0954. The molecule has 5 rings (SSSR count). The summed E-state index contributed by atoms with van der Waals surface area (Å²) < 4.78 is 3.40. The van der Waals surface area contributed by atoms with Crippen molar-refractivity contribution in [3.05, 3.63) is 60.4 Å². The maximum atomic E-state index is 10.9. The highest BCUT2D eigenvalue weighted by atomic mass is 16.3. The summed E-state index contributed by atoms with van der Waals surface area (Å²) in [7, 11) is 0. The molecule has 4 heterocycles. The van der Waals surface area contributed by atoms with Crippen LogP contribution in [-0.4, -0.2) is 39.0 Å². The van der Waals surface area contributed by atoms with Crippen molar-refractivity contribution in [1.29, 1.82) is 0 Å². The standard InChI is InChI=1S/C30H36N6O2/c1-3-5-7-9-11-23-19-35-25(17-31-23)33-27(29(35)37)21-13-15-22(16-14-21)28-30(38)36-20-24(12-10-8-6-4-2)32-18-26(36)34-28/h13-20,37-38H,3-12H2,1-2H3. The molecule has 0 saturated heterocycles. The Kier molecular flexibility index (Phi) is 7.86. The molecule has 0 aliphatic carbocycles. The minimum Gasteiger partial charge on any atom is -0.493 e. The van der Waals surface area contributed by atoms with Crippen LogP contribution < -0.4 is 0 Å². The molecule has 0 radical (unpaired) electrons. The Morgan fingerprint density at radius 2 is 1.03 bits per heavy atom. The van der Waals surface area contributed by atoms with Gasteiger partial charge in [0.1, 0.15) is 11.4 Å². The van der Waals surface area contributed by atoms with E-state index in [4.69, 9.17) is 0 Å². The quantitative estimate of drug-likeness (QED) is 0.179. The molecule has 198 valence electrons. The van der Waals surface area contributed by atoms with E-state index in [1.807, 2.05) is 36.7 Å². The lowest BCUT2D eigenvalue weighted by Crippen LogP contribution is -1.95. The third kappa shape index (κ3) is 5.35. The smallest absolute Gasteiger partial charge is 0.224 e. The van der Waals surface area contributed by atoms with E-state index < -0.39 is 0 Å². The monoisotopic (exact) mass is 512 g/mol. The van der Waals surface area contributed by atoms with Gasteiger partial charge in [-0.05, 0) is 25.7 Å². The lowest BCUT2D eigenvalue weighted by atomic mass is 10.1. The van der Waals surface area contributed by atoms with Crippen LogP contribution >= 0.6 is 0 Å². The fourth-order valence-corrected chi connectivity index (χ4v) is 4.86. The van der Waals surface area contributed by atoms with Crippen molar-refractivity contribution >= 4 is 11.3 Å². The summed E-state index contributed by atoms with van der Waals surface area (Å²) in [6.07, 6.45) is 18.3. The highest BCUT2D eigenvalue weighted by molar-refractivity contribution is 5.74. The molecule has 0 saturated carbocycles. The molecule has 0 fully saturated rings. The van der Waals surface area contributed by atoms with Crippen LogP contribution in [0.5, 0.6) is 11.8 Å². The summed E-state index contributed by atoms with van der Waals surface area (Å²) in [5, 5.41) is 21.9. The molecule has 38 heavy (non-hydrogen) atoms. The molecule has 1 aromatic carbocycles. The van der Waals surface area contributed by atoms with Gasteiger partial charge in [-0.25, -0.2) is 9.97 Å². The summed E-state index contributed by atoms with van der Waals surface area (Å²) in [4.78, 5) is 18.3. The van der Waals surface area contributed by atoms with Crippen LogP contribution in [0, 0.1) is 0 Å². The van der Waals surface area contributed by atoms with Crippen molar-refractivity contribution in [2.75, 3.05) is 0 Å². The first-order valence-corrected chi connectivity index (χ1v) is 13.8. The topological polar surface area (TPSA) is 101 Å². The lowest BCUT2D eigenvalue weighted by Gasteiger charge is -2.03. The van der Waals surface area contributed by atoms with Crippen LogP contribution in [0.25, 0.3) is 33.8 Å². The normalized spacial score (nSPS) is 11.6. The highest BCUT2D eigenvalue weighted by Crippen LogP contribution is 2.34. The van der Waals surface area contributed by atoms with Gasteiger partial charge in [0.15, 0.2) is 11.3 Å². The summed E-state index contributed by atoms with van der Waals surface area (Å²) in [6.45, 7) is 4.40. The maximum Gasteiger partial charge on any atom is 0.224 e. The second kappa shape index (κ2) is 11.6. The zero-order chi connectivity index (χ0) is 26.5. The van der Waals surface area contributed by atoms with Crippen molar-refractivity contribution in [2.45, 2.75) is 78.1 Å². The average molecular weight is 513 g/mol. The van der Waals surface area contributed by atoms with E-state index in [1.54, 1.807) is 21.2 Å². The molecule has 0 aliphatic rings. The van der Waals surface area contributed by atoms with Gasteiger partial charge >= 0.3 is 0 Å². The van der Waals surface area contributed by atoms with E-state index in [2.05, 4.69) is 33.8 Å². The SMILES string of the molecule is CCCCCCc1cn2c(O)c(-c3ccc(-c4nc5cnc(CCCCCC)cn5c4O)cc3)nc2cn1. The Hall–Kier alpha value is -3.94. The largest absolute Gasteiger partial charge is 0.493 e. The van der Waals surface area contributed by atoms with Gasteiger partial charge in [0, 0.05) is 23.5 Å². The second-order valence-electron chi connectivity index (χ2n) is 9.98. The van der Waals surface area contributed by atoms with Crippen LogP contribution in [0.4, 0.5) is 0 Å². The molecule has 4 aromatic heterocycles. The van der Waals surface area contributed by atoms with Crippen molar-refractivity contribution in [1.82, 2.24) is 28.7 Å². The molecule has 8 heteroatoms. The Bertz CT molecular complexity index is 1400. The number of hydrogen-bond acceptors (Lipinski definition) is 6. The molecule has 0 spiro atoms. The molecule has 0 atom stereocenters. The fourth-order valence-electron chi connectivity index (χ4n) is 4.86. The number of hydrogen-bond donors (Lipinski definition) is 2. The summed E-state index contributed by atoms with van der Waals surface area (Å²) >= 11 is 0. The van der Waals surface area contributed by atoms with Crippen molar-refractivity contribution < 1.29 is 10.2 Å². The number of nitrogens with zero attached hydrogens (tertiary/aromatic N) is 6. The maximum absolute atomic E-state index is 10.9. The van der Waals surface area contributed by atoms with E-state index in [-0.39, 0.29) is 11.8 Å². The van der Waals surface area contributed by atoms with Crippen LogP contribution in [0.2, 0.25) is 0 Å². The summed E-state index contributed by atoms with van der Waals surface area (Å²) in [6, 6.07) is 7.54. The Balaban J connectivity index is 1.36. The summed E-state index contributed by atoms with van der Waals surface area (Å²) in [5.41, 5.74) is 5.66. The second-order valence-corrected chi connectivity index (χ2v) is 9.98. The van der Waals surface area contributed by atoms with Crippen LogP contribution in [0.1, 0.15) is 76.6 Å². The first-order valence-electron chi connectivity index (χ1n) is 13.8. The number of fused-ring (bicyclic) bond motifs is 2. The van der Waals surface area contributed by atoms with Gasteiger partial charge in [-0.2, -0.15) is 0 Å². The third-order valence-corrected chi connectivity index (χ3v) is 7.08. The molecular weight excluding hydrogens is 476 g/mol. The number of unbranched alkanes of at least 4 members (excludes halogenated alkanes) is 6. The van der Waals surface area contributed by atoms with E-state index >= 15 is 0 Å².